The lowest BCUT2D eigenvalue weighted by atomic mass is 10.1. The average molecular weight is 549 g/mol. The highest BCUT2D eigenvalue weighted by molar-refractivity contribution is 7.10. The van der Waals surface area contributed by atoms with E-state index >= 15 is 4.39 Å². The van der Waals surface area contributed by atoms with Crippen molar-refractivity contribution in [2.75, 3.05) is 38.2 Å². The SMILES string of the molecule is COc1nc(N2CCN(C(=O)/C(F)=C/c3nccs3)CC2)c2cnc(-c3cccc4cnn(C)c34)c(F)c2n1. The van der Waals surface area contributed by atoms with Gasteiger partial charge in [-0.2, -0.15) is 15.1 Å². The van der Waals surface area contributed by atoms with E-state index in [0.717, 1.165) is 17.0 Å². The Balaban J connectivity index is 1.32. The Hall–Kier alpha value is -4.52. The smallest absolute Gasteiger partial charge is 0.318 e. The maximum atomic E-state index is 16.0. The number of ether oxygens (including phenoxy) is 1. The standard InChI is InChI=1S/C26H22F2N8O2S/c1-34-23-15(13-31-34)4-3-5-16(23)21-20(28)22-17(14-30-21)24(33-26(32-22)38-2)35-7-9-36(10-8-35)25(37)18(27)12-19-29-6-11-39-19/h3-6,11-14H,7-10H2,1-2H3/b18-12-. The van der Waals surface area contributed by atoms with Gasteiger partial charge in [0.05, 0.1) is 24.2 Å². The summed E-state index contributed by atoms with van der Waals surface area (Å²) in [7, 11) is 3.20. The lowest BCUT2D eigenvalue weighted by Crippen LogP contribution is -2.49. The van der Waals surface area contributed by atoms with Crippen LogP contribution in [0.15, 0.2) is 48.0 Å². The molecule has 39 heavy (non-hydrogen) atoms. The third kappa shape index (κ3) is 4.44. The molecule has 13 heteroatoms. The maximum absolute atomic E-state index is 16.0. The van der Waals surface area contributed by atoms with E-state index in [1.807, 2.05) is 17.0 Å². The number of rotatable bonds is 5. The Labute approximate surface area is 225 Å². The fourth-order valence-corrected chi connectivity index (χ4v) is 5.27. The minimum Gasteiger partial charge on any atom is -0.467 e. The van der Waals surface area contributed by atoms with Crippen LogP contribution >= 0.6 is 11.3 Å². The van der Waals surface area contributed by atoms with Crippen molar-refractivity contribution in [3.63, 3.8) is 0 Å². The molecule has 1 saturated heterocycles. The number of benzene rings is 1. The largest absolute Gasteiger partial charge is 0.467 e. The van der Waals surface area contributed by atoms with Crippen molar-refractivity contribution in [3.05, 3.63) is 58.8 Å². The van der Waals surface area contributed by atoms with Gasteiger partial charge in [-0.05, 0) is 0 Å². The van der Waals surface area contributed by atoms with E-state index in [0.29, 0.717) is 34.9 Å². The van der Waals surface area contributed by atoms with Gasteiger partial charge in [-0.3, -0.25) is 14.5 Å². The lowest BCUT2D eigenvalue weighted by molar-refractivity contribution is -0.128. The predicted molar refractivity (Wildman–Crippen MR) is 144 cm³/mol. The molecule has 4 aromatic heterocycles. The third-order valence-corrected chi connectivity index (χ3v) is 7.34. The minimum atomic E-state index is -0.866. The minimum absolute atomic E-state index is 0.00298. The first kappa shape index (κ1) is 24.8. The average Bonchev–Trinajstić information content (AvgIpc) is 3.62. The molecule has 1 amide bonds. The van der Waals surface area contributed by atoms with E-state index < -0.39 is 17.6 Å². The number of amides is 1. The van der Waals surface area contributed by atoms with Crippen LogP contribution in [-0.2, 0) is 11.8 Å². The molecule has 0 saturated carbocycles. The van der Waals surface area contributed by atoms with Gasteiger partial charge in [0.2, 0.25) is 0 Å². The van der Waals surface area contributed by atoms with Gasteiger partial charge in [0.1, 0.15) is 22.0 Å². The highest BCUT2D eigenvalue weighted by Crippen LogP contribution is 2.34. The summed E-state index contributed by atoms with van der Waals surface area (Å²) in [5.74, 6) is -1.74. The summed E-state index contributed by atoms with van der Waals surface area (Å²) in [6, 6.07) is 5.52. The van der Waals surface area contributed by atoms with Gasteiger partial charge in [0.15, 0.2) is 11.6 Å². The molecule has 1 fully saturated rings. The van der Waals surface area contributed by atoms with Gasteiger partial charge in [-0.1, -0.05) is 18.2 Å². The van der Waals surface area contributed by atoms with Gasteiger partial charge in [-0.15, -0.1) is 11.3 Å². The number of methoxy groups -OCH3 is 1. The number of carbonyl (C=O) groups is 1. The Bertz CT molecular complexity index is 1730. The molecule has 0 bridgehead atoms. The fraction of sp³-hybridized carbons (Fsp3) is 0.231. The number of thiazole rings is 1. The third-order valence-electron chi connectivity index (χ3n) is 6.61. The molecule has 0 N–H and O–H groups in total. The molecule has 0 unspecified atom stereocenters. The molecular weight excluding hydrogens is 526 g/mol. The zero-order chi connectivity index (χ0) is 27.1. The second kappa shape index (κ2) is 9.98. The molecule has 0 aliphatic carbocycles. The molecule has 0 spiro atoms. The van der Waals surface area contributed by atoms with Gasteiger partial charge in [-0.25, -0.2) is 13.8 Å². The maximum Gasteiger partial charge on any atom is 0.318 e. The van der Waals surface area contributed by atoms with Crippen LogP contribution in [0.4, 0.5) is 14.6 Å². The summed E-state index contributed by atoms with van der Waals surface area (Å²) < 4.78 is 37.5. The van der Waals surface area contributed by atoms with Crippen LogP contribution in [0, 0.1) is 5.82 Å². The van der Waals surface area contributed by atoms with E-state index in [1.165, 1.54) is 23.3 Å². The fourth-order valence-electron chi connectivity index (χ4n) is 4.71. The number of hydrogen-bond acceptors (Lipinski definition) is 9. The second-order valence-corrected chi connectivity index (χ2v) is 9.80. The molecule has 5 heterocycles. The molecule has 6 rings (SSSR count). The number of nitrogens with zero attached hydrogens (tertiary/aromatic N) is 8. The molecule has 198 valence electrons. The van der Waals surface area contributed by atoms with Crippen molar-refractivity contribution >= 4 is 50.9 Å². The second-order valence-electron chi connectivity index (χ2n) is 8.87. The molecule has 1 aliphatic heterocycles. The van der Waals surface area contributed by atoms with E-state index in [9.17, 15) is 9.18 Å². The van der Waals surface area contributed by atoms with Crippen LogP contribution in [0.3, 0.4) is 0 Å². The summed E-state index contributed by atoms with van der Waals surface area (Å²) in [6.45, 7) is 1.21. The summed E-state index contributed by atoms with van der Waals surface area (Å²) in [5, 5.41) is 7.69. The van der Waals surface area contributed by atoms with Crippen LogP contribution in [-0.4, -0.2) is 73.8 Å². The number of anilines is 1. The summed E-state index contributed by atoms with van der Waals surface area (Å²) in [4.78, 5) is 33.2. The Morgan fingerprint density at radius 3 is 2.69 bits per heavy atom. The lowest BCUT2D eigenvalue weighted by Gasteiger charge is -2.35. The van der Waals surface area contributed by atoms with E-state index in [2.05, 4.69) is 25.0 Å². The molecule has 10 nitrogen and oxygen atoms in total. The van der Waals surface area contributed by atoms with Crippen LogP contribution in [0.25, 0.3) is 39.1 Å². The number of aromatic nitrogens is 6. The van der Waals surface area contributed by atoms with E-state index in [4.69, 9.17) is 4.74 Å². The molecule has 1 aliphatic rings. The molecule has 0 radical (unpaired) electrons. The number of para-hydroxylation sites is 1. The normalized spacial score (nSPS) is 14.4. The highest BCUT2D eigenvalue weighted by atomic mass is 32.1. The zero-order valence-electron chi connectivity index (χ0n) is 21.0. The number of carbonyl (C=O) groups excluding carboxylic acids is 1. The van der Waals surface area contributed by atoms with Gasteiger partial charge in [0.25, 0.3) is 5.91 Å². The van der Waals surface area contributed by atoms with Crippen molar-refractivity contribution in [1.29, 1.82) is 0 Å². The Morgan fingerprint density at radius 2 is 1.95 bits per heavy atom. The topological polar surface area (TPSA) is 102 Å². The summed E-state index contributed by atoms with van der Waals surface area (Å²) in [5.41, 5.74) is 1.55. The van der Waals surface area contributed by atoms with Crippen molar-refractivity contribution in [1.82, 2.24) is 34.6 Å². The number of piperazine rings is 1. The van der Waals surface area contributed by atoms with Gasteiger partial charge < -0.3 is 14.5 Å². The van der Waals surface area contributed by atoms with Crippen molar-refractivity contribution < 1.29 is 18.3 Å². The number of halogens is 2. The first-order valence-corrected chi connectivity index (χ1v) is 12.9. The summed E-state index contributed by atoms with van der Waals surface area (Å²) in [6.07, 6.45) is 5.95. The van der Waals surface area contributed by atoms with Crippen molar-refractivity contribution in [3.8, 4) is 17.3 Å². The van der Waals surface area contributed by atoms with Gasteiger partial charge >= 0.3 is 6.01 Å². The monoisotopic (exact) mass is 548 g/mol. The Kier molecular flexibility index (Phi) is 6.35. The van der Waals surface area contributed by atoms with Crippen molar-refractivity contribution in [2.24, 2.45) is 7.05 Å². The van der Waals surface area contributed by atoms with E-state index in [-0.39, 0.29) is 30.3 Å². The number of hydrogen-bond donors (Lipinski definition) is 0. The van der Waals surface area contributed by atoms with Crippen LogP contribution in [0.1, 0.15) is 5.01 Å². The molecule has 1 aromatic carbocycles. The first-order chi connectivity index (χ1) is 18.9. The van der Waals surface area contributed by atoms with E-state index in [1.54, 1.807) is 41.8 Å². The Morgan fingerprint density at radius 1 is 1.13 bits per heavy atom. The van der Waals surface area contributed by atoms with Crippen LogP contribution in [0.2, 0.25) is 0 Å². The number of aryl methyl sites for hydroxylation is 1. The predicted octanol–water partition coefficient (Wildman–Crippen LogP) is 3.84. The first-order valence-electron chi connectivity index (χ1n) is 12.1. The zero-order valence-corrected chi connectivity index (χ0v) is 21.8. The van der Waals surface area contributed by atoms with Crippen molar-refractivity contribution in [2.45, 2.75) is 0 Å². The summed E-state index contributed by atoms with van der Waals surface area (Å²) >= 11 is 1.25. The number of fused-ring (bicyclic) bond motifs is 2. The highest BCUT2D eigenvalue weighted by Gasteiger charge is 2.28. The van der Waals surface area contributed by atoms with Crippen LogP contribution in [0.5, 0.6) is 6.01 Å². The molecule has 0 atom stereocenters. The van der Waals surface area contributed by atoms with Crippen LogP contribution < -0.4 is 9.64 Å². The molecule has 5 aromatic rings. The van der Waals surface area contributed by atoms with Gasteiger partial charge in [0, 0.05) is 68.0 Å². The molecular formula is C26H22F2N8O2S. The quantitative estimate of drug-likeness (QED) is 0.306. The number of pyridine rings is 1.